The van der Waals surface area contributed by atoms with Gasteiger partial charge in [-0.3, -0.25) is 4.68 Å². The number of ether oxygens (including phenoxy) is 1. The third-order valence-electron chi connectivity index (χ3n) is 5.52. The van der Waals surface area contributed by atoms with Crippen molar-refractivity contribution >= 4 is 15.5 Å². The number of hydrogen-bond donors (Lipinski definition) is 1. The van der Waals surface area contributed by atoms with Gasteiger partial charge in [0, 0.05) is 31.4 Å². The summed E-state index contributed by atoms with van der Waals surface area (Å²) < 4.78 is 25.8. The van der Waals surface area contributed by atoms with Gasteiger partial charge in [0.25, 0.3) is 0 Å². The monoisotopic (exact) mass is 436 g/mol. The number of nitrogens with zero attached hydrogens (tertiary/aromatic N) is 5. The molecule has 0 aliphatic carbocycles. The highest BCUT2D eigenvalue weighted by atomic mass is 32.2. The van der Waals surface area contributed by atoms with Crippen LogP contribution in [0.3, 0.4) is 0 Å². The molecule has 2 N–H and O–H groups in total. The third kappa shape index (κ3) is 3.75. The van der Waals surface area contributed by atoms with Crippen LogP contribution in [-0.4, -0.2) is 26.0 Å². The Hall–Kier alpha value is -3.38. The maximum absolute atomic E-state index is 13.8. The Morgan fingerprint density at radius 3 is 2.84 bits per heavy atom. The number of nitrogen functional groups attached to an aromatic ring is 1. The molecule has 0 saturated heterocycles. The maximum Gasteiger partial charge on any atom is 0.166 e. The quantitative estimate of drug-likeness (QED) is 0.576. The number of fused-ring (bicyclic) bond motifs is 5. The number of benzene rings is 1. The molecule has 1 aliphatic rings. The van der Waals surface area contributed by atoms with Crippen LogP contribution in [0.1, 0.15) is 41.1 Å². The van der Waals surface area contributed by atoms with Gasteiger partial charge in [0.05, 0.1) is 26.9 Å². The van der Waals surface area contributed by atoms with E-state index in [9.17, 15) is 9.47 Å². The Kier molecular flexibility index (Phi) is 5.19. The molecule has 0 amide bonds. The van der Waals surface area contributed by atoms with Crippen molar-refractivity contribution in [1.82, 2.24) is 14.8 Å². The van der Waals surface area contributed by atoms with E-state index in [4.69, 9.17) is 10.5 Å². The largest absolute Gasteiger partial charge is 0.482 e. The molecule has 0 fully saturated rings. The summed E-state index contributed by atoms with van der Waals surface area (Å²) in [6.45, 7) is 3.93. The summed E-state index contributed by atoms with van der Waals surface area (Å²) in [5.74, 6) is 1.07. The molecule has 4 rings (SSSR count). The minimum absolute atomic E-state index is 0.122. The molecule has 2 atom stereocenters. The van der Waals surface area contributed by atoms with Gasteiger partial charge < -0.3 is 10.5 Å². The van der Waals surface area contributed by atoms with Crippen LogP contribution >= 0.6 is 0 Å². The molecular weight excluding hydrogens is 412 g/mol. The van der Waals surface area contributed by atoms with Gasteiger partial charge in [-0.1, -0.05) is 23.8 Å². The smallest absolute Gasteiger partial charge is 0.166 e. The first kappa shape index (κ1) is 20.9. The van der Waals surface area contributed by atoms with E-state index in [1.54, 1.807) is 26.4 Å². The van der Waals surface area contributed by atoms with Crippen molar-refractivity contribution in [2.45, 2.75) is 31.5 Å². The molecule has 1 aromatic carbocycles. The van der Waals surface area contributed by atoms with Crippen LogP contribution in [0.5, 0.6) is 5.75 Å². The first-order chi connectivity index (χ1) is 14.7. The van der Waals surface area contributed by atoms with Crippen molar-refractivity contribution in [3.05, 3.63) is 58.5 Å². The van der Waals surface area contributed by atoms with Crippen LogP contribution in [0.4, 0.5) is 5.82 Å². The number of pyridine rings is 1. The fourth-order valence-electron chi connectivity index (χ4n) is 3.91. The van der Waals surface area contributed by atoms with Gasteiger partial charge in [-0.05, 0) is 31.0 Å². The number of aryl methyl sites for hydroxylation is 2. The van der Waals surface area contributed by atoms with E-state index in [1.807, 2.05) is 32.0 Å². The normalized spacial score (nSPS) is 20.3. The number of rotatable bonds is 0. The fourth-order valence-corrected chi connectivity index (χ4v) is 5.65. The van der Waals surface area contributed by atoms with Gasteiger partial charge >= 0.3 is 0 Å². The predicted molar refractivity (Wildman–Crippen MR) is 120 cm³/mol. The van der Waals surface area contributed by atoms with Gasteiger partial charge in [0.15, 0.2) is 11.6 Å². The molecule has 1 aliphatic heterocycles. The minimum Gasteiger partial charge on any atom is -0.482 e. The van der Waals surface area contributed by atoms with E-state index in [0.717, 1.165) is 16.7 Å². The first-order valence-electron chi connectivity index (χ1n) is 9.83. The van der Waals surface area contributed by atoms with E-state index in [-0.39, 0.29) is 23.4 Å². The highest BCUT2D eigenvalue weighted by molar-refractivity contribution is 7.92. The topological polar surface area (TPSA) is 119 Å². The number of hydrogen-bond acceptors (Lipinski definition) is 7. The summed E-state index contributed by atoms with van der Waals surface area (Å²) >= 11 is 0. The second kappa shape index (κ2) is 7.71. The Morgan fingerprint density at radius 2 is 2.13 bits per heavy atom. The van der Waals surface area contributed by atoms with Crippen molar-refractivity contribution in [3.8, 4) is 22.9 Å². The van der Waals surface area contributed by atoms with E-state index < -0.39 is 9.73 Å². The van der Waals surface area contributed by atoms with E-state index in [2.05, 4.69) is 20.5 Å². The average molecular weight is 437 g/mol. The molecule has 160 valence electrons. The Labute approximate surface area is 181 Å². The fraction of sp³-hybridized carbons (Fsp3) is 0.318. The van der Waals surface area contributed by atoms with Gasteiger partial charge in [-0.2, -0.15) is 10.4 Å². The third-order valence-corrected chi connectivity index (χ3v) is 7.67. The molecule has 8 nitrogen and oxygen atoms in total. The zero-order chi connectivity index (χ0) is 22.3. The van der Waals surface area contributed by atoms with Crippen LogP contribution in [0.2, 0.25) is 0 Å². The number of nitrogens with two attached hydrogens (primary N) is 1. The van der Waals surface area contributed by atoms with Crippen LogP contribution in [0, 0.1) is 18.3 Å². The summed E-state index contributed by atoms with van der Waals surface area (Å²) in [4.78, 5) is 4.29. The van der Waals surface area contributed by atoms with Crippen LogP contribution in [0.25, 0.3) is 11.1 Å². The molecule has 0 saturated carbocycles. The highest BCUT2D eigenvalue weighted by Crippen LogP contribution is 2.36. The molecule has 3 aromatic rings. The van der Waals surface area contributed by atoms with E-state index >= 15 is 0 Å². The molecule has 3 heterocycles. The molecule has 2 aromatic heterocycles. The Morgan fingerprint density at radius 1 is 1.35 bits per heavy atom. The molecule has 0 spiro atoms. The predicted octanol–water partition coefficient (Wildman–Crippen LogP) is 3.50. The van der Waals surface area contributed by atoms with Crippen molar-refractivity contribution in [3.63, 3.8) is 0 Å². The second-order valence-corrected chi connectivity index (χ2v) is 10.2. The minimum atomic E-state index is -2.69. The number of anilines is 1. The van der Waals surface area contributed by atoms with Crippen LogP contribution in [0.15, 0.2) is 34.8 Å². The first-order valence-corrected chi connectivity index (χ1v) is 11.7. The second-order valence-electron chi connectivity index (χ2n) is 7.72. The van der Waals surface area contributed by atoms with Crippen molar-refractivity contribution < 1.29 is 8.95 Å². The van der Waals surface area contributed by atoms with Crippen molar-refractivity contribution in [2.75, 3.05) is 12.8 Å². The van der Waals surface area contributed by atoms with Crippen LogP contribution < -0.4 is 10.5 Å². The molecule has 0 radical (unpaired) electrons. The van der Waals surface area contributed by atoms with E-state index in [1.165, 1.54) is 4.68 Å². The summed E-state index contributed by atoms with van der Waals surface area (Å²) in [6.07, 6.45) is 1.24. The summed E-state index contributed by atoms with van der Waals surface area (Å²) in [7, 11) is 0.567. The molecular formula is C22H24N6O2S. The lowest BCUT2D eigenvalue weighted by molar-refractivity contribution is 0.227. The van der Waals surface area contributed by atoms with Crippen LogP contribution in [-0.2, 0) is 28.3 Å². The summed E-state index contributed by atoms with van der Waals surface area (Å²) in [5.41, 5.74) is 11.1. The zero-order valence-electron chi connectivity index (χ0n) is 17.9. The summed E-state index contributed by atoms with van der Waals surface area (Å²) in [6, 6.07) is 9.96. The van der Waals surface area contributed by atoms with Gasteiger partial charge in [0.2, 0.25) is 0 Å². The Bertz CT molecular complexity index is 1340. The summed E-state index contributed by atoms with van der Waals surface area (Å²) in [5, 5.41) is 14.3. The highest BCUT2D eigenvalue weighted by Gasteiger charge is 2.26. The lowest BCUT2D eigenvalue weighted by atomic mass is 10.0. The number of aromatic nitrogens is 3. The van der Waals surface area contributed by atoms with Gasteiger partial charge in [0.1, 0.15) is 17.9 Å². The maximum atomic E-state index is 13.8. The van der Waals surface area contributed by atoms with Gasteiger partial charge in [-0.25, -0.2) is 13.6 Å². The SMILES string of the molecule is CN=S1(=O)Cc2ccc(C)cc2[C@@H](C)Oc2cc(cnc2N)-c2c(nn(C)c2C#N)C1. The molecule has 31 heavy (non-hydrogen) atoms. The number of nitriles is 1. The molecule has 9 heteroatoms. The van der Waals surface area contributed by atoms with E-state index in [0.29, 0.717) is 28.3 Å². The van der Waals surface area contributed by atoms with Crippen molar-refractivity contribution in [2.24, 2.45) is 11.4 Å². The lowest BCUT2D eigenvalue weighted by Crippen LogP contribution is -2.14. The molecule has 1 unspecified atom stereocenters. The zero-order valence-corrected chi connectivity index (χ0v) is 18.7. The standard InChI is InChI=1S/C22H24N6O2S/c1-13-5-6-15-11-31(29,25-3)12-18-21(19(9-23)28(4)27-18)16-8-20(22(24)26-10-16)30-14(2)17(15)7-13/h5-8,10,14H,11-12H2,1-4H3,(H2,24,26)/t14-,31?/m1/s1. The Balaban J connectivity index is 2.03. The van der Waals surface area contributed by atoms with Crippen molar-refractivity contribution in [1.29, 1.82) is 5.26 Å². The van der Waals surface area contributed by atoms with Gasteiger partial charge in [-0.15, -0.1) is 0 Å². The molecule has 2 bridgehead atoms. The average Bonchev–Trinajstić information content (AvgIpc) is 3.04. The lowest BCUT2D eigenvalue weighted by Gasteiger charge is -2.22.